The number of carbonyl (C=O) groups excluding carboxylic acids is 1. The van der Waals surface area contributed by atoms with Gasteiger partial charge in [0.15, 0.2) is 34.5 Å². The molecular weight excluding hydrogens is 420 g/mol. The monoisotopic (exact) mass is 439 g/mol. The smallest absolute Gasteiger partial charge is 0.234 e. The first-order valence-electron chi connectivity index (χ1n) is 9.50. The first-order chi connectivity index (χ1) is 15.3. The first kappa shape index (κ1) is 21.1. The quantitative estimate of drug-likeness (QED) is 0.323. The van der Waals surface area contributed by atoms with Crippen molar-refractivity contribution >= 4 is 33.9 Å². The Hall–Kier alpha value is -4.14. The highest BCUT2D eigenvalue weighted by atomic mass is 19.1. The van der Waals surface area contributed by atoms with E-state index < -0.39 is 23.0 Å². The maximum atomic E-state index is 14.7. The fourth-order valence-electron chi connectivity index (χ4n) is 3.32. The number of nitrogens with one attached hydrogen (secondary N) is 1. The fourth-order valence-corrected chi connectivity index (χ4v) is 3.32. The molecule has 32 heavy (non-hydrogen) atoms. The second kappa shape index (κ2) is 8.18. The highest BCUT2D eigenvalue weighted by Gasteiger charge is 2.28. The number of ether oxygens (including phenoxy) is 2. The molecule has 4 aromatic rings. The van der Waals surface area contributed by atoms with E-state index in [4.69, 9.17) is 19.6 Å². The normalized spacial score (nSPS) is 10.9. The van der Waals surface area contributed by atoms with Gasteiger partial charge in [0.2, 0.25) is 5.78 Å². The maximum Gasteiger partial charge on any atom is 0.234 e. The Morgan fingerprint density at radius 1 is 1.09 bits per heavy atom. The van der Waals surface area contributed by atoms with E-state index in [1.165, 1.54) is 26.5 Å². The molecule has 7 nitrogen and oxygen atoms in total. The number of anilines is 3. The van der Waals surface area contributed by atoms with Crippen molar-refractivity contribution in [2.24, 2.45) is 0 Å². The zero-order valence-corrected chi connectivity index (χ0v) is 17.5. The van der Waals surface area contributed by atoms with Crippen LogP contribution in [0, 0.1) is 18.6 Å². The minimum Gasteiger partial charge on any atom is -0.494 e. The molecule has 2 aromatic heterocycles. The molecule has 0 radical (unpaired) electrons. The number of fused-ring (bicyclic) bond motifs is 1. The van der Waals surface area contributed by atoms with Crippen molar-refractivity contribution in [3.05, 3.63) is 71.1 Å². The van der Waals surface area contributed by atoms with E-state index in [2.05, 4.69) is 10.3 Å². The molecule has 4 rings (SSSR count). The van der Waals surface area contributed by atoms with Gasteiger partial charge in [-0.2, -0.15) is 0 Å². The Balaban J connectivity index is 1.73. The van der Waals surface area contributed by atoms with Crippen LogP contribution in [0.25, 0.3) is 11.0 Å². The van der Waals surface area contributed by atoms with E-state index >= 15 is 0 Å². The fraction of sp³-hybridized carbons (Fsp3) is 0.130. The van der Waals surface area contributed by atoms with Crippen molar-refractivity contribution < 1.29 is 27.5 Å². The lowest BCUT2D eigenvalue weighted by Crippen LogP contribution is -2.09. The highest BCUT2D eigenvalue weighted by molar-refractivity contribution is 6.10. The Bertz CT molecular complexity index is 1300. The topological polar surface area (TPSA) is 99.6 Å². The Morgan fingerprint density at radius 3 is 2.41 bits per heavy atom. The van der Waals surface area contributed by atoms with Gasteiger partial charge in [-0.3, -0.25) is 4.79 Å². The lowest BCUT2D eigenvalue weighted by molar-refractivity contribution is 0.100. The van der Waals surface area contributed by atoms with Crippen molar-refractivity contribution in [1.29, 1.82) is 0 Å². The van der Waals surface area contributed by atoms with Crippen LogP contribution >= 0.6 is 0 Å². The number of carbonyl (C=O) groups is 1. The van der Waals surface area contributed by atoms with Gasteiger partial charge < -0.3 is 24.9 Å². The van der Waals surface area contributed by atoms with Gasteiger partial charge in [-0.1, -0.05) is 12.1 Å². The molecule has 0 aliphatic heterocycles. The van der Waals surface area contributed by atoms with Gasteiger partial charge in [-0.05, 0) is 30.7 Å². The van der Waals surface area contributed by atoms with Crippen molar-refractivity contribution in [2.45, 2.75) is 6.92 Å². The molecule has 0 saturated heterocycles. The molecule has 0 amide bonds. The highest BCUT2D eigenvalue weighted by Crippen LogP contribution is 2.34. The first-order valence-corrected chi connectivity index (χ1v) is 9.50. The number of furan rings is 1. The number of methoxy groups -OCH3 is 2. The summed E-state index contributed by atoms with van der Waals surface area (Å²) in [7, 11) is 2.40. The van der Waals surface area contributed by atoms with Crippen LogP contribution in [0.3, 0.4) is 0 Å². The lowest BCUT2D eigenvalue weighted by atomic mass is 10.1. The molecule has 3 N–H and O–H groups in total. The zero-order valence-electron chi connectivity index (χ0n) is 17.5. The number of para-hydroxylation sites is 1. The van der Waals surface area contributed by atoms with E-state index in [0.717, 1.165) is 11.6 Å². The van der Waals surface area contributed by atoms with Crippen molar-refractivity contribution in [3.63, 3.8) is 0 Å². The number of nitrogens with two attached hydrogens (primary N) is 1. The SMILES string of the molecule is COc1cc(OC)c(F)c(C(=O)c2cc3cc(Nc4c(C)cccc4N)ncc3o2)c1F. The molecule has 0 saturated carbocycles. The third kappa shape index (κ3) is 3.58. The van der Waals surface area contributed by atoms with Crippen LogP contribution in [0.4, 0.5) is 26.0 Å². The molecule has 0 unspecified atom stereocenters. The van der Waals surface area contributed by atoms with E-state index in [-0.39, 0.29) is 22.8 Å². The average molecular weight is 439 g/mol. The van der Waals surface area contributed by atoms with Gasteiger partial charge in [-0.15, -0.1) is 0 Å². The minimum atomic E-state index is -1.15. The summed E-state index contributed by atoms with van der Waals surface area (Å²) in [6, 6.07) is 9.55. The molecule has 0 bridgehead atoms. The third-order valence-electron chi connectivity index (χ3n) is 4.99. The zero-order chi connectivity index (χ0) is 23.0. The number of aryl methyl sites for hydroxylation is 1. The van der Waals surface area contributed by atoms with Crippen molar-refractivity contribution in [1.82, 2.24) is 4.98 Å². The number of hydrogen-bond acceptors (Lipinski definition) is 7. The van der Waals surface area contributed by atoms with Crippen LogP contribution < -0.4 is 20.5 Å². The molecular formula is C23H19F2N3O4. The van der Waals surface area contributed by atoms with Gasteiger partial charge in [0, 0.05) is 11.5 Å². The number of rotatable bonds is 6. The van der Waals surface area contributed by atoms with Crippen molar-refractivity contribution in [3.8, 4) is 11.5 Å². The number of nitrogen functional groups attached to an aromatic ring is 1. The summed E-state index contributed by atoms with van der Waals surface area (Å²) in [5, 5.41) is 3.64. The summed E-state index contributed by atoms with van der Waals surface area (Å²) in [6.45, 7) is 1.90. The number of nitrogens with zero attached hydrogens (tertiary/aromatic N) is 1. The summed E-state index contributed by atoms with van der Waals surface area (Å²) < 4.78 is 44.7. The van der Waals surface area contributed by atoms with Crippen molar-refractivity contribution in [2.75, 3.05) is 25.3 Å². The molecule has 0 fully saturated rings. The Labute approximate surface area is 181 Å². The van der Waals surface area contributed by atoms with Gasteiger partial charge >= 0.3 is 0 Å². The van der Waals surface area contributed by atoms with E-state index in [1.807, 2.05) is 19.1 Å². The number of aromatic nitrogens is 1. The summed E-state index contributed by atoms with van der Waals surface area (Å²) in [6.07, 6.45) is 1.40. The van der Waals surface area contributed by atoms with E-state index in [0.29, 0.717) is 22.6 Å². The van der Waals surface area contributed by atoms with Crippen LogP contribution in [-0.2, 0) is 0 Å². The minimum absolute atomic E-state index is 0.262. The lowest BCUT2D eigenvalue weighted by Gasteiger charge is -2.11. The van der Waals surface area contributed by atoms with Gasteiger partial charge in [-0.25, -0.2) is 13.8 Å². The van der Waals surface area contributed by atoms with E-state index in [1.54, 1.807) is 12.1 Å². The van der Waals surface area contributed by atoms with Crippen LogP contribution in [0.1, 0.15) is 21.7 Å². The second-order valence-corrected chi connectivity index (χ2v) is 7.00. The Morgan fingerprint density at radius 2 is 1.78 bits per heavy atom. The molecule has 2 aromatic carbocycles. The standard InChI is InChI=1S/C23H19F2N3O4/c1-11-5-4-6-13(26)22(11)28-18-8-12-7-16(32-17(12)10-27-18)23(29)19-20(24)14(30-2)9-15(31-3)21(19)25/h4-10H,26H2,1-3H3,(H,27,28). The third-order valence-corrected chi connectivity index (χ3v) is 4.99. The van der Waals surface area contributed by atoms with Crippen LogP contribution in [0.15, 0.2) is 47.0 Å². The van der Waals surface area contributed by atoms with E-state index in [9.17, 15) is 13.6 Å². The number of pyridine rings is 1. The molecule has 0 spiro atoms. The van der Waals surface area contributed by atoms with Crippen LogP contribution in [0.5, 0.6) is 11.5 Å². The largest absolute Gasteiger partial charge is 0.494 e. The Kier molecular flexibility index (Phi) is 5.40. The predicted octanol–water partition coefficient (Wildman–Crippen LogP) is 4.99. The van der Waals surface area contributed by atoms with Gasteiger partial charge in [0.25, 0.3) is 0 Å². The second-order valence-electron chi connectivity index (χ2n) is 7.00. The number of ketones is 1. The van der Waals surface area contributed by atoms with Crippen LogP contribution in [-0.4, -0.2) is 25.0 Å². The molecule has 0 atom stereocenters. The summed E-state index contributed by atoms with van der Waals surface area (Å²) in [4.78, 5) is 17.2. The summed E-state index contributed by atoms with van der Waals surface area (Å²) >= 11 is 0. The van der Waals surface area contributed by atoms with Gasteiger partial charge in [0.1, 0.15) is 11.4 Å². The molecule has 0 aliphatic carbocycles. The number of hydrogen-bond donors (Lipinski definition) is 2. The summed E-state index contributed by atoms with van der Waals surface area (Å²) in [5.41, 5.74) is 7.63. The molecule has 9 heteroatoms. The molecule has 0 aliphatic rings. The van der Waals surface area contributed by atoms with Crippen LogP contribution in [0.2, 0.25) is 0 Å². The molecule has 164 valence electrons. The summed E-state index contributed by atoms with van der Waals surface area (Å²) in [5.74, 6) is -3.75. The molecule has 2 heterocycles. The average Bonchev–Trinajstić information content (AvgIpc) is 3.20. The van der Waals surface area contributed by atoms with Gasteiger partial charge in [0.05, 0.1) is 31.8 Å². The number of benzene rings is 2. The number of halogens is 2. The maximum absolute atomic E-state index is 14.7. The predicted molar refractivity (Wildman–Crippen MR) is 116 cm³/mol.